The number of carbonyl (C=O) groups is 2. The molecule has 1 fully saturated rings. The lowest BCUT2D eigenvalue weighted by atomic mass is 9.73. The first-order valence-corrected chi connectivity index (χ1v) is 11.7. The zero-order chi connectivity index (χ0) is 24.6. The van der Waals surface area contributed by atoms with Crippen LogP contribution >= 0.6 is 0 Å². The van der Waals surface area contributed by atoms with Gasteiger partial charge in [-0.15, -0.1) is 0 Å². The summed E-state index contributed by atoms with van der Waals surface area (Å²) in [6, 6.07) is 7.98. The summed E-state index contributed by atoms with van der Waals surface area (Å²) in [7, 11) is 1.48. The van der Waals surface area contributed by atoms with Gasteiger partial charge in [0.05, 0.1) is 5.41 Å². The van der Waals surface area contributed by atoms with Crippen LogP contribution in [0.4, 0.5) is 13.2 Å². The van der Waals surface area contributed by atoms with Gasteiger partial charge in [0.1, 0.15) is 6.61 Å². The van der Waals surface area contributed by atoms with Crippen molar-refractivity contribution in [2.75, 3.05) is 13.7 Å². The SMILES string of the molecule is CCC(CCOC)N(C(=O)C(F)(F)F)[C@@H]1CC[C@@](C(=O)OCc2ccccc2)(C(C)CC)C1. The second kappa shape index (κ2) is 11.9. The van der Waals surface area contributed by atoms with E-state index in [1.54, 1.807) is 6.92 Å². The van der Waals surface area contributed by atoms with Crippen LogP contribution in [0.5, 0.6) is 0 Å². The number of methoxy groups -OCH3 is 1. The van der Waals surface area contributed by atoms with E-state index in [-0.39, 0.29) is 25.6 Å². The molecule has 186 valence electrons. The second-order valence-corrected chi connectivity index (χ2v) is 8.98. The molecule has 1 aliphatic carbocycles. The number of alkyl halides is 3. The third-order valence-corrected chi connectivity index (χ3v) is 7.09. The molecule has 1 amide bonds. The predicted molar refractivity (Wildman–Crippen MR) is 119 cm³/mol. The summed E-state index contributed by atoms with van der Waals surface area (Å²) in [4.78, 5) is 26.8. The van der Waals surface area contributed by atoms with Gasteiger partial charge in [-0.3, -0.25) is 9.59 Å². The molecular formula is C25H36F3NO4. The highest BCUT2D eigenvalue weighted by atomic mass is 19.4. The van der Waals surface area contributed by atoms with Gasteiger partial charge in [-0.25, -0.2) is 0 Å². The Bertz CT molecular complexity index is 771. The van der Waals surface area contributed by atoms with Crippen LogP contribution < -0.4 is 0 Å². The number of carbonyl (C=O) groups excluding carboxylic acids is 2. The Labute approximate surface area is 194 Å². The average molecular weight is 472 g/mol. The number of hydrogen-bond acceptors (Lipinski definition) is 4. The smallest absolute Gasteiger partial charge is 0.460 e. The van der Waals surface area contributed by atoms with Crippen LogP contribution in [-0.2, 0) is 25.7 Å². The number of amides is 1. The first-order chi connectivity index (χ1) is 15.6. The minimum Gasteiger partial charge on any atom is -0.460 e. The van der Waals surface area contributed by atoms with Crippen LogP contribution in [0.2, 0.25) is 0 Å². The lowest BCUT2D eigenvalue weighted by Gasteiger charge is -2.38. The summed E-state index contributed by atoms with van der Waals surface area (Å²) in [6.07, 6.45) is -2.73. The van der Waals surface area contributed by atoms with Crippen molar-refractivity contribution in [3.8, 4) is 0 Å². The van der Waals surface area contributed by atoms with Gasteiger partial charge in [0.2, 0.25) is 0 Å². The van der Waals surface area contributed by atoms with E-state index < -0.39 is 35.6 Å². The normalized spacial score (nSPS) is 22.6. The van der Waals surface area contributed by atoms with Gasteiger partial charge in [-0.1, -0.05) is 57.5 Å². The van der Waals surface area contributed by atoms with Crippen molar-refractivity contribution in [3.05, 3.63) is 35.9 Å². The fourth-order valence-corrected chi connectivity index (χ4v) is 4.95. The van der Waals surface area contributed by atoms with E-state index in [9.17, 15) is 22.8 Å². The predicted octanol–water partition coefficient (Wildman–Crippen LogP) is 5.52. The Morgan fingerprint density at radius 2 is 1.85 bits per heavy atom. The molecule has 1 aromatic rings. The number of esters is 1. The number of rotatable bonds is 11. The number of ether oxygens (including phenoxy) is 2. The standard InChI is InChI=1S/C25H36F3NO4/c1-5-18(3)24(23(31)33-17-19-10-8-7-9-11-19)14-12-21(16-24)29(22(30)25(26,27)28)20(6-2)13-15-32-4/h7-11,18,20-21H,5-6,12-17H2,1-4H3/t18?,20?,21-,24+/m1/s1. The Morgan fingerprint density at radius 1 is 1.18 bits per heavy atom. The van der Waals surface area contributed by atoms with Gasteiger partial charge in [0, 0.05) is 25.8 Å². The Kier molecular flexibility index (Phi) is 9.76. The molecule has 1 aliphatic rings. The van der Waals surface area contributed by atoms with E-state index in [4.69, 9.17) is 9.47 Å². The molecule has 5 nitrogen and oxygen atoms in total. The summed E-state index contributed by atoms with van der Waals surface area (Å²) >= 11 is 0. The van der Waals surface area contributed by atoms with Gasteiger partial charge < -0.3 is 14.4 Å². The maximum Gasteiger partial charge on any atom is 0.471 e. The highest BCUT2D eigenvalue weighted by Crippen LogP contribution is 2.49. The van der Waals surface area contributed by atoms with E-state index in [2.05, 4.69) is 0 Å². The lowest BCUT2D eigenvalue weighted by molar-refractivity contribution is -0.191. The maximum absolute atomic E-state index is 13.5. The summed E-state index contributed by atoms with van der Waals surface area (Å²) in [5.41, 5.74) is -0.0723. The first kappa shape index (κ1) is 27.2. The van der Waals surface area contributed by atoms with E-state index in [0.29, 0.717) is 32.1 Å². The molecule has 0 heterocycles. The molecule has 0 aliphatic heterocycles. The summed E-state index contributed by atoms with van der Waals surface area (Å²) in [5, 5.41) is 0. The van der Waals surface area contributed by atoms with Crippen LogP contribution in [0.15, 0.2) is 30.3 Å². The van der Waals surface area contributed by atoms with Gasteiger partial charge in [-0.05, 0) is 43.6 Å². The van der Waals surface area contributed by atoms with E-state index in [1.165, 1.54) is 7.11 Å². The van der Waals surface area contributed by atoms with E-state index in [0.717, 1.165) is 10.5 Å². The molecule has 0 spiro atoms. The van der Waals surface area contributed by atoms with Crippen LogP contribution in [0, 0.1) is 11.3 Å². The number of nitrogens with zero attached hydrogens (tertiary/aromatic N) is 1. The minimum absolute atomic E-state index is 0.0901. The zero-order valence-electron chi connectivity index (χ0n) is 20.0. The van der Waals surface area contributed by atoms with Crippen LogP contribution in [0.3, 0.4) is 0 Å². The molecule has 0 aromatic heterocycles. The quantitative estimate of drug-likeness (QED) is 0.399. The minimum atomic E-state index is -4.98. The molecule has 33 heavy (non-hydrogen) atoms. The molecule has 1 saturated carbocycles. The van der Waals surface area contributed by atoms with Crippen molar-refractivity contribution in [2.45, 2.75) is 84.2 Å². The average Bonchev–Trinajstić information content (AvgIpc) is 3.25. The molecular weight excluding hydrogens is 435 g/mol. The maximum atomic E-state index is 13.5. The Balaban J connectivity index is 2.29. The summed E-state index contributed by atoms with van der Waals surface area (Å²) in [5.74, 6) is -2.33. The van der Waals surface area contributed by atoms with Crippen molar-refractivity contribution in [2.24, 2.45) is 11.3 Å². The van der Waals surface area contributed by atoms with Crippen LogP contribution in [0.1, 0.15) is 64.9 Å². The van der Waals surface area contributed by atoms with Gasteiger partial charge in [0.15, 0.2) is 0 Å². The van der Waals surface area contributed by atoms with Crippen LogP contribution in [0.25, 0.3) is 0 Å². The Hall–Kier alpha value is -2.09. The summed E-state index contributed by atoms with van der Waals surface area (Å²) < 4.78 is 51.4. The van der Waals surface area contributed by atoms with Crippen molar-refractivity contribution < 1.29 is 32.2 Å². The molecule has 0 N–H and O–H groups in total. The molecule has 1 aromatic carbocycles. The first-order valence-electron chi connectivity index (χ1n) is 11.7. The highest BCUT2D eigenvalue weighted by Gasteiger charge is 2.55. The lowest BCUT2D eigenvalue weighted by Crippen LogP contribution is -2.52. The highest BCUT2D eigenvalue weighted by molar-refractivity contribution is 5.83. The number of halogens is 3. The van der Waals surface area contributed by atoms with Crippen molar-refractivity contribution in [1.82, 2.24) is 4.90 Å². The van der Waals surface area contributed by atoms with Crippen LogP contribution in [-0.4, -0.2) is 48.8 Å². The van der Waals surface area contributed by atoms with Crippen molar-refractivity contribution in [3.63, 3.8) is 0 Å². The van der Waals surface area contributed by atoms with E-state index in [1.807, 2.05) is 44.2 Å². The zero-order valence-corrected chi connectivity index (χ0v) is 20.0. The molecule has 2 unspecified atom stereocenters. The van der Waals surface area contributed by atoms with Gasteiger partial charge in [0.25, 0.3) is 0 Å². The number of hydrogen-bond donors (Lipinski definition) is 0. The fourth-order valence-electron chi connectivity index (χ4n) is 4.95. The number of benzene rings is 1. The van der Waals surface area contributed by atoms with Crippen molar-refractivity contribution in [1.29, 1.82) is 0 Å². The third-order valence-electron chi connectivity index (χ3n) is 7.09. The molecule has 8 heteroatoms. The molecule has 0 radical (unpaired) electrons. The van der Waals surface area contributed by atoms with Crippen molar-refractivity contribution >= 4 is 11.9 Å². The van der Waals surface area contributed by atoms with Gasteiger partial charge in [-0.2, -0.15) is 13.2 Å². The fraction of sp³-hybridized carbons (Fsp3) is 0.680. The molecule has 4 atom stereocenters. The summed E-state index contributed by atoms with van der Waals surface area (Å²) in [6.45, 7) is 6.02. The molecule has 0 bridgehead atoms. The second-order valence-electron chi connectivity index (χ2n) is 8.98. The molecule has 2 rings (SSSR count). The topological polar surface area (TPSA) is 55.8 Å². The van der Waals surface area contributed by atoms with E-state index >= 15 is 0 Å². The third kappa shape index (κ3) is 6.49. The Morgan fingerprint density at radius 3 is 2.39 bits per heavy atom. The van der Waals surface area contributed by atoms with Gasteiger partial charge >= 0.3 is 18.1 Å². The molecule has 0 saturated heterocycles. The largest absolute Gasteiger partial charge is 0.471 e. The monoisotopic (exact) mass is 471 g/mol.